The summed E-state index contributed by atoms with van der Waals surface area (Å²) in [4.78, 5) is 0. The number of aryl methyl sites for hydroxylation is 1. The summed E-state index contributed by atoms with van der Waals surface area (Å²) in [6, 6.07) is 5.06. The molecular weight excluding hydrogens is 299 g/mol. The van der Waals surface area contributed by atoms with Gasteiger partial charge in [0.2, 0.25) is 0 Å². The van der Waals surface area contributed by atoms with Gasteiger partial charge in [0.15, 0.2) is 5.75 Å². The van der Waals surface area contributed by atoms with Crippen molar-refractivity contribution in [2.24, 2.45) is 5.84 Å². The van der Waals surface area contributed by atoms with E-state index in [2.05, 4.69) is 10.5 Å². The quantitative estimate of drug-likeness (QED) is 0.658. The van der Waals surface area contributed by atoms with Gasteiger partial charge in [-0.2, -0.15) is 5.10 Å². The largest absolute Gasteiger partial charge is 0.493 e. The van der Waals surface area contributed by atoms with Crippen LogP contribution in [-0.4, -0.2) is 16.9 Å². The van der Waals surface area contributed by atoms with Gasteiger partial charge in [0, 0.05) is 6.54 Å². The molecule has 0 radical (unpaired) electrons. The summed E-state index contributed by atoms with van der Waals surface area (Å²) in [6.07, 6.45) is 1.65. The molecule has 1 aromatic heterocycles. The van der Waals surface area contributed by atoms with Crippen molar-refractivity contribution in [1.29, 1.82) is 0 Å². The number of nitrogens with one attached hydrogen (secondary N) is 1. The topological polar surface area (TPSA) is 65.1 Å². The molecule has 1 atom stereocenters. The third-order valence-electron chi connectivity index (χ3n) is 3.10. The van der Waals surface area contributed by atoms with E-state index in [0.717, 1.165) is 11.3 Å². The van der Waals surface area contributed by atoms with Crippen LogP contribution in [0.2, 0.25) is 10.0 Å². The summed E-state index contributed by atoms with van der Waals surface area (Å²) in [7, 11) is 1.59. The van der Waals surface area contributed by atoms with Crippen LogP contribution in [0.15, 0.2) is 24.4 Å². The molecule has 1 unspecified atom stereocenters. The van der Waals surface area contributed by atoms with Crippen LogP contribution in [0, 0.1) is 0 Å². The molecule has 0 bridgehead atoms. The van der Waals surface area contributed by atoms with Gasteiger partial charge < -0.3 is 4.74 Å². The Morgan fingerprint density at radius 3 is 2.80 bits per heavy atom. The van der Waals surface area contributed by atoms with E-state index < -0.39 is 0 Å². The van der Waals surface area contributed by atoms with E-state index in [1.165, 1.54) is 0 Å². The van der Waals surface area contributed by atoms with Crippen LogP contribution in [0.5, 0.6) is 5.75 Å². The van der Waals surface area contributed by atoms with Crippen LogP contribution in [0.1, 0.15) is 24.2 Å². The van der Waals surface area contributed by atoms with Crippen LogP contribution >= 0.6 is 23.2 Å². The molecule has 1 heterocycles. The number of benzene rings is 1. The predicted molar refractivity (Wildman–Crippen MR) is 80.1 cm³/mol. The van der Waals surface area contributed by atoms with Crippen molar-refractivity contribution in [2.75, 3.05) is 7.11 Å². The van der Waals surface area contributed by atoms with E-state index in [1.807, 2.05) is 19.1 Å². The lowest BCUT2D eigenvalue weighted by Crippen LogP contribution is -2.31. The average Bonchev–Trinajstić information content (AvgIpc) is 2.87. The van der Waals surface area contributed by atoms with Crippen molar-refractivity contribution < 1.29 is 4.74 Å². The lowest BCUT2D eigenvalue weighted by molar-refractivity contribution is 0.399. The minimum absolute atomic E-state index is 0.362. The van der Waals surface area contributed by atoms with Crippen molar-refractivity contribution in [2.45, 2.75) is 19.5 Å². The fourth-order valence-corrected chi connectivity index (χ4v) is 2.55. The monoisotopic (exact) mass is 314 g/mol. The molecule has 1 aromatic carbocycles. The molecule has 2 rings (SSSR count). The molecule has 5 nitrogen and oxygen atoms in total. The van der Waals surface area contributed by atoms with Gasteiger partial charge in [0.05, 0.1) is 29.4 Å². The van der Waals surface area contributed by atoms with Crippen LogP contribution in [0.3, 0.4) is 0 Å². The zero-order valence-electron chi connectivity index (χ0n) is 11.2. The zero-order chi connectivity index (χ0) is 14.7. The van der Waals surface area contributed by atoms with Gasteiger partial charge in [-0.3, -0.25) is 10.5 Å². The maximum absolute atomic E-state index is 6.28. The molecule has 0 aliphatic rings. The van der Waals surface area contributed by atoms with Gasteiger partial charge in [-0.25, -0.2) is 5.43 Å². The van der Waals surface area contributed by atoms with E-state index >= 15 is 0 Å². The summed E-state index contributed by atoms with van der Waals surface area (Å²) in [6.45, 7) is 2.68. The number of hydrazine groups is 1. The molecule has 2 aromatic rings. The highest BCUT2D eigenvalue weighted by Gasteiger charge is 2.24. The minimum atomic E-state index is -0.362. The first-order chi connectivity index (χ1) is 9.63. The number of hydrogen-bond donors (Lipinski definition) is 2. The Kier molecular flexibility index (Phi) is 4.88. The zero-order valence-corrected chi connectivity index (χ0v) is 12.7. The van der Waals surface area contributed by atoms with Gasteiger partial charge in [-0.1, -0.05) is 35.3 Å². The van der Waals surface area contributed by atoms with Crippen LogP contribution in [0.25, 0.3) is 0 Å². The van der Waals surface area contributed by atoms with Gasteiger partial charge in [-0.15, -0.1) is 0 Å². The smallest absolute Gasteiger partial charge is 0.161 e. The maximum atomic E-state index is 6.28. The Morgan fingerprint density at radius 1 is 1.45 bits per heavy atom. The normalized spacial score (nSPS) is 12.4. The highest BCUT2D eigenvalue weighted by Crippen LogP contribution is 2.36. The summed E-state index contributed by atoms with van der Waals surface area (Å²) in [5.41, 5.74) is 4.33. The van der Waals surface area contributed by atoms with Crippen molar-refractivity contribution in [3.63, 3.8) is 0 Å². The predicted octanol–water partition coefficient (Wildman–Crippen LogP) is 2.77. The van der Waals surface area contributed by atoms with Crippen molar-refractivity contribution >= 4 is 23.2 Å². The number of hydrogen-bond acceptors (Lipinski definition) is 4. The Bertz CT molecular complexity index is 579. The maximum Gasteiger partial charge on any atom is 0.161 e. The molecule has 20 heavy (non-hydrogen) atoms. The van der Waals surface area contributed by atoms with Crippen molar-refractivity contribution in [3.05, 3.63) is 45.7 Å². The second-order valence-corrected chi connectivity index (χ2v) is 4.94. The van der Waals surface area contributed by atoms with Gasteiger partial charge >= 0.3 is 0 Å². The molecule has 0 amide bonds. The SMILES string of the molecule is CCn1ncc(OC)c1C(NN)c1cccc(Cl)c1Cl. The molecule has 0 spiro atoms. The van der Waals surface area contributed by atoms with Crippen molar-refractivity contribution in [1.82, 2.24) is 15.2 Å². The van der Waals surface area contributed by atoms with E-state index in [-0.39, 0.29) is 6.04 Å². The molecular formula is C13H16Cl2N4O. The van der Waals surface area contributed by atoms with Gasteiger partial charge in [-0.05, 0) is 18.6 Å². The van der Waals surface area contributed by atoms with E-state index in [9.17, 15) is 0 Å². The van der Waals surface area contributed by atoms with E-state index in [0.29, 0.717) is 22.3 Å². The van der Waals surface area contributed by atoms with Crippen LogP contribution in [0.4, 0.5) is 0 Å². The number of rotatable bonds is 5. The Labute approximate surface area is 127 Å². The first-order valence-electron chi connectivity index (χ1n) is 6.13. The lowest BCUT2D eigenvalue weighted by atomic mass is 10.0. The molecule has 0 fully saturated rings. The number of ether oxygens (including phenoxy) is 1. The average molecular weight is 315 g/mol. The van der Waals surface area contributed by atoms with Crippen LogP contribution in [-0.2, 0) is 6.54 Å². The van der Waals surface area contributed by atoms with Gasteiger partial charge in [0.1, 0.15) is 5.69 Å². The molecule has 0 saturated heterocycles. The number of methoxy groups -OCH3 is 1. The highest BCUT2D eigenvalue weighted by molar-refractivity contribution is 6.42. The number of aromatic nitrogens is 2. The molecule has 108 valence electrons. The minimum Gasteiger partial charge on any atom is -0.493 e. The molecule has 0 aliphatic heterocycles. The third-order valence-corrected chi connectivity index (χ3v) is 3.93. The molecule has 7 heteroatoms. The fourth-order valence-electron chi connectivity index (χ4n) is 2.14. The number of nitrogens with zero attached hydrogens (tertiary/aromatic N) is 2. The Hall–Kier alpha value is -1.27. The standard InChI is InChI=1S/C13H16Cl2N4O/c1-3-19-13(10(20-2)7-17-19)12(18-16)8-5-4-6-9(14)11(8)15/h4-7,12,18H,3,16H2,1-2H3. The van der Waals surface area contributed by atoms with Crippen molar-refractivity contribution in [3.8, 4) is 5.75 Å². The second kappa shape index (κ2) is 6.45. The molecule has 0 saturated carbocycles. The second-order valence-electron chi connectivity index (χ2n) is 4.16. The molecule has 3 N–H and O–H groups in total. The third kappa shape index (κ3) is 2.62. The van der Waals surface area contributed by atoms with Crippen LogP contribution < -0.4 is 16.0 Å². The first kappa shape index (κ1) is 15.1. The summed E-state index contributed by atoms with van der Waals surface area (Å²) in [5, 5.41) is 5.21. The summed E-state index contributed by atoms with van der Waals surface area (Å²) >= 11 is 12.3. The van der Waals surface area contributed by atoms with E-state index in [1.54, 1.807) is 24.1 Å². The highest BCUT2D eigenvalue weighted by atomic mass is 35.5. The number of nitrogens with two attached hydrogens (primary N) is 1. The lowest BCUT2D eigenvalue weighted by Gasteiger charge is -2.20. The van der Waals surface area contributed by atoms with Gasteiger partial charge in [0.25, 0.3) is 0 Å². The summed E-state index contributed by atoms with van der Waals surface area (Å²) < 4.78 is 7.15. The van der Waals surface area contributed by atoms with E-state index in [4.69, 9.17) is 33.8 Å². The fraction of sp³-hybridized carbons (Fsp3) is 0.308. The Morgan fingerprint density at radius 2 is 2.20 bits per heavy atom. The molecule has 0 aliphatic carbocycles. The Balaban J connectivity index is 2.58. The summed E-state index contributed by atoms with van der Waals surface area (Å²) in [5.74, 6) is 6.36. The number of halogens is 2. The first-order valence-corrected chi connectivity index (χ1v) is 6.89.